The average Bonchev–Trinajstić information content (AvgIpc) is 3.32. The van der Waals surface area contributed by atoms with Gasteiger partial charge in [-0.25, -0.2) is 0 Å². The van der Waals surface area contributed by atoms with Crippen LogP contribution in [-0.2, 0) is 11.8 Å². The molecule has 2 bridgehead atoms. The fourth-order valence-corrected chi connectivity index (χ4v) is 7.07. The first-order valence-corrected chi connectivity index (χ1v) is 10.2. The quantitative estimate of drug-likeness (QED) is 0.634. The summed E-state index contributed by atoms with van der Waals surface area (Å²) in [5, 5.41) is 22.7. The molecule has 1 aromatic carbocycles. The van der Waals surface area contributed by atoms with Gasteiger partial charge in [-0.2, -0.15) is 0 Å². The molecular formula is C22H28NO3+. The zero-order valence-electron chi connectivity index (χ0n) is 15.5. The summed E-state index contributed by atoms with van der Waals surface area (Å²) in [5.74, 6) is 1.66. The fraction of sp³-hybridized carbons (Fsp3) is 0.636. The zero-order valence-corrected chi connectivity index (χ0v) is 15.5. The van der Waals surface area contributed by atoms with Gasteiger partial charge in [0.1, 0.15) is 17.7 Å². The molecule has 4 nitrogen and oxygen atoms in total. The van der Waals surface area contributed by atoms with E-state index in [-0.39, 0.29) is 17.9 Å². The van der Waals surface area contributed by atoms with Crippen molar-refractivity contribution in [1.82, 2.24) is 0 Å². The summed E-state index contributed by atoms with van der Waals surface area (Å²) in [6, 6.07) is 4.05. The molecule has 3 fully saturated rings. The van der Waals surface area contributed by atoms with Crippen LogP contribution in [0.2, 0.25) is 0 Å². The summed E-state index contributed by atoms with van der Waals surface area (Å²) in [6.07, 6.45) is 5.88. The van der Waals surface area contributed by atoms with Gasteiger partial charge in [-0.05, 0) is 42.9 Å². The number of nitrogens with zero attached hydrogens (tertiary/aromatic N) is 1. The van der Waals surface area contributed by atoms with E-state index in [4.69, 9.17) is 4.74 Å². The number of hydrogen-bond donors (Lipinski definition) is 2. The molecule has 2 heterocycles. The van der Waals surface area contributed by atoms with Gasteiger partial charge >= 0.3 is 0 Å². The van der Waals surface area contributed by atoms with Gasteiger partial charge in [-0.1, -0.05) is 12.6 Å². The molecule has 1 aromatic rings. The topological polar surface area (TPSA) is 49.7 Å². The predicted octanol–water partition coefficient (Wildman–Crippen LogP) is 2.66. The van der Waals surface area contributed by atoms with Crippen LogP contribution in [0, 0.1) is 5.92 Å². The molecule has 5 atom stereocenters. The van der Waals surface area contributed by atoms with Gasteiger partial charge in [0.25, 0.3) is 0 Å². The summed E-state index contributed by atoms with van der Waals surface area (Å²) in [5.41, 5.74) is 2.25. The number of likely N-dealkylation sites (N-methyl/N-ethyl adjacent to an activating group) is 1. The second-order valence-electron chi connectivity index (χ2n) is 9.80. The standard InChI is InChI=1S/C22H27NO3/c1-13-7-8-22(25)17-11-15-5-6-16(24)19-18(15)21(22,20(13)26-19)9-10-23(17,2)12-14-3-4-14/h5-6,14,17,20,25H,1,3-4,7-12H2,2H3/p+1/t17-,20?,21+,22+,23-/m1/s1. The molecule has 1 spiro atoms. The van der Waals surface area contributed by atoms with Crippen molar-refractivity contribution in [2.45, 2.75) is 61.7 Å². The first kappa shape index (κ1) is 15.5. The van der Waals surface area contributed by atoms with Crippen LogP contribution >= 0.6 is 0 Å². The average molecular weight is 354 g/mol. The molecule has 5 aliphatic rings. The van der Waals surface area contributed by atoms with E-state index < -0.39 is 11.0 Å². The maximum absolute atomic E-state index is 12.3. The van der Waals surface area contributed by atoms with Crippen molar-refractivity contribution in [1.29, 1.82) is 0 Å². The number of rotatable bonds is 2. The van der Waals surface area contributed by atoms with Crippen molar-refractivity contribution in [3.63, 3.8) is 0 Å². The Morgan fingerprint density at radius 1 is 1.31 bits per heavy atom. The van der Waals surface area contributed by atoms with Crippen LogP contribution in [-0.4, -0.2) is 52.6 Å². The van der Waals surface area contributed by atoms with Gasteiger partial charge in [0.2, 0.25) is 0 Å². The molecule has 2 aliphatic heterocycles. The highest BCUT2D eigenvalue weighted by Gasteiger charge is 2.75. The molecule has 0 radical (unpaired) electrons. The number of aromatic hydroxyl groups is 1. The first-order chi connectivity index (χ1) is 12.4. The van der Waals surface area contributed by atoms with Gasteiger partial charge < -0.3 is 19.4 Å². The lowest BCUT2D eigenvalue weighted by Crippen LogP contribution is -2.80. The van der Waals surface area contributed by atoms with Crippen molar-refractivity contribution < 1.29 is 19.4 Å². The molecule has 3 aliphatic carbocycles. The van der Waals surface area contributed by atoms with Crippen LogP contribution in [0.3, 0.4) is 0 Å². The maximum atomic E-state index is 12.3. The number of ether oxygens (including phenoxy) is 1. The second-order valence-corrected chi connectivity index (χ2v) is 9.80. The third kappa shape index (κ3) is 1.56. The van der Waals surface area contributed by atoms with E-state index in [0.29, 0.717) is 5.75 Å². The monoisotopic (exact) mass is 354 g/mol. The summed E-state index contributed by atoms with van der Waals surface area (Å²) >= 11 is 0. The second kappa shape index (κ2) is 4.48. The van der Waals surface area contributed by atoms with Crippen LogP contribution < -0.4 is 4.74 Å². The minimum Gasteiger partial charge on any atom is -0.504 e. The zero-order chi connectivity index (χ0) is 17.9. The minimum atomic E-state index is -0.771. The van der Waals surface area contributed by atoms with Gasteiger partial charge in [-0.3, -0.25) is 0 Å². The minimum absolute atomic E-state index is 0.194. The third-order valence-corrected chi connectivity index (χ3v) is 8.43. The molecule has 4 heteroatoms. The van der Waals surface area contributed by atoms with Gasteiger partial charge in [-0.15, -0.1) is 0 Å². The summed E-state index contributed by atoms with van der Waals surface area (Å²) < 4.78 is 7.32. The van der Waals surface area contributed by atoms with Crippen LogP contribution in [0.5, 0.6) is 11.5 Å². The highest BCUT2D eigenvalue weighted by Crippen LogP contribution is 2.67. The summed E-state index contributed by atoms with van der Waals surface area (Å²) in [6.45, 7) is 6.57. The number of aliphatic hydroxyl groups is 1. The van der Waals surface area contributed by atoms with E-state index in [2.05, 4.69) is 19.7 Å². The molecule has 6 rings (SSSR count). The summed E-state index contributed by atoms with van der Waals surface area (Å²) in [7, 11) is 2.37. The van der Waals surface area contributed by atoms with Crippen LogP contribution in [0.1, 0.15) is 43.2 Å². The normalized spacial score (nSPS) is 45.2. The van der Waals surface area contributed by atoms with Gasteiger partial charge in [0.05, 0.1) is 25.6 Å². The van der Waals surface area contributed by atoms with Crippen molar-refractivity contribution in [2.24, 2.45) is 5.92 Å². The Labute approximate surface area is 154 Å². The smallest absolute Gasteiger partial charge is 0.166 e. The van der Waals surface area contributed by atoms with Crippen LogP contribution in [0.4, 0.5) is 0 Å². The molecule has 26 heavy (non-hydrogen) atoms. The first-order valence-electron chi connectivity index (χ1n) is 10.2. The fourth-order valence-electron chi connectivity index (χ4n) is 7.07. The largest absolute Gasteiger partial charge is 0.504 e. The molecule has 2 N–H and O–H groups in total. The number of piperidine rings is 1. The van der Waals surface area contributed by atoms with E-state index in [1.165, 1.54) is 24.9 Å². The van der Waals surface area contributed by atoms with Crippen molar-refractivity contribution in [2.75, 3.05) is 20.1 Å². The highest BCUT2D eigenvalue weighted by molar-refractivity contribution is 5.63. The Balaban J connectivity index is 1.60. The van der Waals surface area contributed by atoms with E-state index in [1.54, 1.807) is 6.07 Å². The lowest BCUT2D eigenvalue weighted by atomic mass is 9.48. The number of likely N-dealkylation sites (tertiary alicyclic amines) is 1. The SMILES string of the molecule is C=C1CC[C@]2(O)[C@H]3Cc4ccc(O)c5c4[C@@]2(CC[N@+]3(C)CC2CC2)C1O5. The Bertz CT molecular complexity index is 846. The Kier molecular flexibility index (Phi) is 2.67. The van der Waals surface area contributed by atoms with E-state index in [9.17, 15) is 10.2 Å². The van der Waals surface area contributed by atoms with Gasteiger partial charge in [0, 0.05) is 24.3 Å². The lowest BCUT2D eigenvalue weighted by molar-refractivity contribution is -0.950. The number of benzene rings is 1. The van der Waals surface area contributed by atoms with Crippen molar-refractivity contribution in [3.05, 3.63) is 35.4 Å². The number of phenols is 1. The van der Waals surface area contributed by atoms with E-state index >= 15 is 0 Å². The van der Waals surface area contributed by atoms with Crippen LogP contribution in [0.15, 0.2) is 24.3 Å². The number of quaternary nitrogens is 1. The molecule has 1 saturated heterocycles. The predicted molar refractivity (Wildman–Crippen MR) is 98.3 cm³/mol. The molecule has 0 amide bonds. The number of phenolic OH excluding ortho intramolecular Hbond substituents is 1. The molecule has 0 aromatic heterocycles. The number of hydrogen-bond acceptors (Lipinski definition) is 3. The molecular weight excluding hydrogens is 326 g/mol. The Morgan fingerprint density at radius 2 is 2.12 bits per heavy atom. The summed E-state index contributed by atoms with van der Waals surface area (Å²) in [4.78, 5) is 0. The van der Waals surface area contributed by atoms with Crippen molar-refractivity contribution >= 4 is 0 Å². The molecule has 2 saturated carbocycles. The third-order valence-electron chi connectivity index (χ3n) is 8.43. The van der Waals surface area contributed by atoms with Crippen molar-refractivity contribution in [3.8, 4) is 11.5 Å². The lowest BCUT2D eigenvalue weighted by Gasteiger charge is -2.65. The Hall–Kier alpha value is -1.52. The maximum Gasteiger partial charge on any atom is 0.166 e. The van der Waals surface area contributed by atoms with Crippen LogP contribution in [0.25, 0.3) is 0 Å². The molecule has 138 valence electrons. The molecule has 1 unspecified atom stereocenters. The van der Waals surface area contributed by atoms with E-state index in [0.717, 1.165) is 53.8 Å². The van der Waals surface area contributed by atoms with Gasteiger partial charge in [0.15, 0.2) is 11.5 Å². The highest BCUT2D eigenvalue weighted by atomic mass is 16.5. The van der Waals surface area contributed by atoms with E-state index in [1.807, 2.05) is 0 Å². The Morgan fingerprint density at radius 3 is 2.88 bits per heavy atom.